The van der Waals surface area contributed by atoms with Crippen LogP contribution < -0.4 is 16.2 Å². The van der Waals surface area contributed by atoms with E-state index in [0.717, 1.165) is 40.1 Å². The number of nitrogens with one attached hydrogen (secondary N) is 2. The van der Waals surface area contributed by atoms with Gasteiger partial charge in [-0.3, -0.25) is 19.2 Å². The SMILES string of the molecule is CC(=O)N1CCN(C(=O)c2ccc(Nc3cc(-c4cccc(NC(=O)c5cc6c(s5)CCCCC6)c4C)cn(C)c3=O)nc2)CC1. The fourth-order valence-electron chi connectivity index (χ4n) is 6.13. The molecule has 46 heavy (non-hydrogen) atoms. The Kier molecular flexibility index (Phi) is 9.03. The Balaban J connectivity index is 1.18. The highest BCUT2D eigenvalue weighted by Gasteiger charge is 2.24. The second kappa shape index (κ2) is 13.3. The number of aryl methyl sites for hydroxylation is 3. The van der Waals surface area contributed by atoms with Gasteiger partial charge in [0.2, 0.25) is 5.91 Å². The fraction of sp³-hybridized carbons (Fsp3) is 0.343. The molecule has 2 aliphatic rings. The van der Waals surface area contributed by atoms with Crippen LogP contribution in [0.2, 0.25) is 0 Å². The van der Waals surface area contributed by atoms with Crippen LogP contribution in [-0.2, 0) is 24.7 Å². The maximum Gasteiger partial charge on any atom is 0.274 e. The molecule has 1 aliphatic carbocycles. The van der Waals surface area contributed by atoms with Crippen LogP contribution in [0.5, 0.6) is 0 Å². The predicted octanol–water partition coefficient (Wildman–Crippen LogP) is 5.39. The third-order valence-corrected chi connectivity index (χ3v) is 10.1. The van der Waals surface area contributed by atoms with Crippen molar-refractivity contribution in [2.24, 2.45) is 7.05 Å². The van der Waals surface area contributed by atoms with Crippen molar-refractivity contribution in [2.45, 2.75) is 46.0 Å². The van der Waals surface area contributed by atoms with Crippen molar-refractivity contribution in [2.75, 3.05) is 36.8 Å². The third kappa shape index (κ3) is 6.60. The Labute approximate surface area is 272 Å². The summed E-state index contributed by atoms with van der Waals surface area (Å²) in [6, 6.07) is 13.0. The third-order valence-electron chi connectivity index (χ3n) is 8.83. The van der Waals surface area contributed by atoms with Gasteiger partial charge in [0.05, 0.1) is 10.4 Å². The number of amides is 3. The lowest BCUT2D eigenvalue weighted by molar-refractivity contribution is -0.130. The maximum atomic E-state index is 13.3. The number of hydrogen-bond donors (Lipinski definition) is 2. The monoisotopic (exact) mass is 638 g/mol. The number of rotatable bonds is 6. The molecule has 0 spiro atoms. The van der Waals surface area contributed by atoms with Crippen molar-refractivity contribution in [1.82, 2.24) is 19.4 Å². The van der Waals surface area contributed by atoms with Crippen molar-refractivity contribution < 1.29 is 14.4 Å². The van der Waals surface area contributed by atoms with Gasteiger partial charge in [-0.25, -0.2) is 4.98 Å². The lowest BCUT2D eigenvalue weighted by atomic mass is 10.00. The predicted molar refractivity (Wildman–Crippen MR) is 181 cm³/mol. The van der Waals surface area contributed by atoms with Crippen LogP contribution in [0.4, 0.5) is 17.2 Å². The van der Waals surface area contributed by atoms with Gasteiger partial charge in [-0.05, 0) is 79.6 Å². The van der Waals surface area contributed by atoms with E-state index < -0.39 is 0 Å². The number of pyridine rings is 2. The molecule has 3 aromatic heterocycles. The number of piperazine rings is 1. The van der Waals surface area contributed by atoms with E-state index in [9.17, 15) is 19.2 Å². The van der Waals surface area contributed by atoms with Crippen LogP contribution in [0.3, 0.4) is 0 Å². The van der Waals surface area contributed by atoms with Gasteiger partial charge in [0.25, 0.3) is 17.4 Å². The molecule has 0 radical (unpaired) electrons. The first-order valence-electron chi connectivity index (χ1n) is 15.7. The van der Waals surface area contributed by atoms with E-state index in [1.54, 1.807) is 52.6 Å². The number of aromatic nitrogens is 2. The smallest absolute Gasteiger partial charge is 0.274 e. The molecule has 6 rings (SSSR count). The molecule has 0 atom stereocenters. The molecule has 3 amide bonds. The molecule has 0 unspecified atom stereocenters. The Bertz CT molecular complexity index is 1830. The topological polar surface area (TPSA) is 117 Å². The zero-order valence-corrected chi connectivity index (χ0v) is 27.2. The van der Waals surface area contributed by atoms with E-state index in [1.165, 1.54) is 47.4 Å². The molecule has 4 heterocycles. The van der Waals surface area contributed by atoms with Crippen LogP contribution in [0.25, 0.3) is 11.1 Å². The van der Waals surface area contributed by atoms with Gasteiger partial charge in [-0.1, -0.05) is 18.6 Å². The Hall–Kier alpha value is -4.77. The second-order valence-electron chi connectivity index (χ2n) is 12.0. The van der Waals surface area contributed by atoms with E-state index in [2.05, 4.69) is 21.7 Å². The van der Waals surface area contributed by atoms with E-state index in [1.807, 2.05) is 25.1 Å². The second-order valence-corrected chi connectivity index (χ2v) is 13.1. The van der Waals surface area contributed by atoms with Crippen LogP contribution in [0.15, 0.2) is 59.7 Å². The van der Waals surface area contributed by atoms with Crippen LogP contribution in [0.1, 0.15) is 62.2 Å². The van der Waals surface area contributed by atoms with Crippen molar-refractivity contribution >= 4 is 46.3 Å². The molecule has 2 N–H and O–H groups in total. The standard InChI is InChI=1S/C35H38N6O4S/c1-22-27(9-7-10-28(22)38-33(43)31-19-24-8-5-4-6-11-30(24)46-31)26-18-29(35(45)39(3)21-26)37-32-13-12-25(20-36-32)34(44)41-16-14-40(15-17-41)23(2)42/h7,9-10,12-13,18-21H,4-6,8,11,14-17H2,1-3H3,(H,36,37)(H,38,43). The highest BCUT2D eigenvalue weighted by Crippen LogP contribution is 2.32. The average molecular weight is 639 g/mol. The summed E-state index contributed by atoms with van der Waals surface area (Å²) >= 11 is 1.60. The highest BCUT2D eigenvalue weighted by molar-refractivity contribution is 7.14. The van der Waals surface area contributed by atoms with E-state index in [-0.39, 0.29) is 23.3 Å². The molecule has 0 saturated carbocycles. The summed E-state index contributed by atoms with van der Waals surface area (Å²) < 4.78 is 1.51. The number of fused-ring (bicyclic) bond motifs is 1. The molecule has 10 nitrogen and oxygen atoms in total. The van der Waals surface area contributed by atoms with Gasteiger partial charge in [0.1, 0.15) is 11.5 Å². The Morgan fingerprint density at radius 2 is 1.67 bits per heavy atom. The average Bonchev–Trinajstić information content (AvgIpc) is 3.34. The van der Waals surface area contributed by atoms with E-state index >= 15 is 0 Å². The lowest BCUT2D eigenvalue weighted by Crippen LogP contribution is -2.50. The minimum Gasteiger partial charge on any atom is -0.339 e. The van der Waals surface area contributed by atoms with Gasteiger partial charge in [-0.2, -0.15) is 0 Å². The van der Waals surface area contributed by atoms with Crippen molar-refractivity contribution in [3.05, 3.63) is 91.7 Å². The Morgan fingerprint density at radius 3 is 2.41 bits per heavy atom. The summed E-state index contributed by atoms with van der Waals surface area (Å²) in [4.78, 5) is 60.9. The van der Waals surface area contributed by atoms with Crippen molar-refractivity contribution in [1.29, 1.82) is 0 Å². The zero-order valence-electron chi connectivity index (χ0n) is 26.4. The first-order valence-corrected chi connectivity index (χ1v) is 16.5. The lowest BCUT2D eigenvalue weighted by Gasteiger charge is -2.34. The number of hydrogen-bond acceptors (Lipinski definition) is 7. The first-order chi connectivity index (χ1) is 22.2. The molecule has 238 valence electrons. The summed E-state index contributed by atoms with van der Waals surface area (Å²) in [5, 5.41) is 6.24. The molecule has 1 fully saturated rings. The number of nitrogens with zero attached hydrogens (tertiary/aromatic N) is 4. The molecular formula is C35H38N6O4S. The van der Waals surface area contributed by atoms with Crippen LogP contribution in [-0.4, -0.2) is 63.3 Å². The van der Waals surface area contributed by atoms with Crippen molar-refractivity contribution in [3.63, 3.8) is 0 Å². The molecule has 1 saturated heterocycles. The molecule has 11 heteroatoms. The van der Waals surface area contributed by atoms with E-state index in [4.69, 9.17) is 0 Å². The summed E-state index contributed by atoms with van der Waals surface area (Å²) in [5.74, 6) is 0.194. The van der Waals surface area contributed by atoms with Crippen LogP contribution >= 0.6 is 11.3 Å². The van der Waals surface area contributed by atoms with Gasteiger partial charge >= 0.3 is 0 Å². The fourth-order valence-corrected chi connectivity index (χ4v) is 7.28. The zero-order chi connectivity index (χ0) is 32.4. The van der Waals surface area contributed by atoms with Gasteiger partial charge in [0, 0.05) is 68.7 Å². The largest absolute Gasteiger partial charge is 0.339 e. The minimum atomic E-state index is -0.228. The van der Waals surface area contributed by atoms with Gasteiger partial charge in [-0.15, -0.1) is 11.3 Å². The van der Waals surface area contributed by atoms with Crippen LogP contribution in [0, 0.1) is 6.92 Å². The van der Waals surface area contributed by atoms with Crippen molar-refractivity contribution in [3.8, 4) is 11.1 Å². The number of carbonyl (C=O) groups is 3. The summed E-state index contributed by atoms with van der Waals surface area (Å²) in [5.41, 5.74) is 5.16. The number of anilines is 3. The number of benzene rings is 1. The highest BCUT2D eigenvalue weighted by atomic mass is 32.1. The Morgan fingerprint density at radius 1 is 0.913 bits per heavy atom. The quantitative estimate of drug-likeness (QED) is 0.274. The summed E-state index contributed by atoms with van der Waals surface area (Å²) in [6.07, 6.45) is 8.94. The van der Waals surface area contributed by atoms with Gasteiger partial charge < -0.3 is 25.0 Å². The first kappa shape index (κ1) is 31.2. The minimum absolute atomic E-state index is 0.0104. The molecule has 1 aromatic carbocycles. The molecule has 1 aliphatic heterocycles. The van der Waals surface area contributed by atoms with E-state index in [0.29, 0.717) is 43.2 Å². The molecule has 0 bridgehead atoms. The summed E-state index contributed by atoms with van der Waals surface area (Å²) in [7, 11) is 1.69. The maximum absolute atomic E-state index is 13.3. The number of thiophene rings is 1. The normalized spacial score (nSPS) is 14.8. The summed E-state index contributed by atoms with van der Waals surface area (Å²) in [6.45, 7) is 5.47. The number of carbonyl (C=O) groups excluding carboxylic acids is 3. The molecule has 4 aromatic rings. The molecular weight excluding hydrogens is 600 g/mol. The van der Waals surface area contributed by atoms with Gasteiger partial charge in [0.15, 0.2) is 0 Å².